The maximum absolute atomic E-state index is 2.39. The first kappa shape index (κ1) is 6.15. The van der Waals surface area contributed by atoms with Gasteiger partial charge in [-0.3, -0.25) is 0 Å². The predicted octanol–water partition coefficient (Wildman–Crippen LogP) is 0.134. The van der Waals surface area contributed by atoms with Gasteiger partial charge in [-0.25, -0.2) is 0 Å². The Morgan fingerprint density at radius 3 is 2.38 bits per heavy atom. The lowest BCUT2D eigenvalue weighted by molar-refractivity contribution is 0.405. The third-order valence-electron chi connectivity index (χ3n) is 1.87. The molecule has 0 radical (unpaired) electrons. The molecule has 1 fully saturated rings. The molecule has 0 aliphatic carbocycles. The minimum absolute atomic E-state index is 0.592. The van der Waals surface area contributed by atoms with Crippen molar-refractivity contribution in [3.05, 3.63) is 0 Å². The molecule has 1 rings (SSSR count). The van der Waals surface area contributed by atoms with Crippen molar-refractivity contribution in [3.8, 4) is 0 Å². The highest BCUT2D eigenvalue weighted by Crippen LogP contribution is 2.31. The molecule has 0 bridgehead atoms. The Bertz CT molecular complexity index is 90.5. The standard InChI is InChI=1S/C6H14BN/c1-6(7)3-4-8(2)5-6/h3-5,7H2,1-2H3. The van der Waals surface area contributed by atoms with E-state index in [0.29, 0.717) is 5.31 Å². The van der Waals surface area contributed by atoms with Gasteiger partial charge in [-0.1, -0.05) is 6.92 Å². The molecule has 1 unspecified atom stereocenters. The van der Waals surface area contributed by atoms with E-state index in [0.717, 1.165) is 0 Å². The number of rotatable bonds is 0. The number of hydrogen-bond acceptors (Lipinski definition) is 1. The first-order valence-corrected chi connectivity index (χ1v) is 3.29. The molecule has 0 aromatic carbocycles. The quantitative estimate of drug-likeness (QED) is 0.401. The monoisotopic (exact) mass is 111 g/mol. The van der Waals surface area contributed by atoms with Crippen molar-refractivity contribution in [1.82, 2.24) is 4.90 Å². The van der Waals surface area contributed by atoms with Crippen LogP contribution in [0.4, 0.5) is 0 Å². The van der Waals surface area contributed by atoms with E-state index >= 15 is 0 Å². The van der Waals surface area contributed by atoms with E-state index in [-0.39, 0.29) is 0 Å². The van der Waals surface area contributed by atoms with Crippen molar-refractivity contribution in [3.63, 3.8) is 0 Å². The van der Waals surface area contributed by atoms with E-state index in [4.69, 9.17) is 0 Å². The summed E-state index contributed by atoms with van der Waals surface area (Å²) >= 11 is 0. The average molecular weight is 111 g/mol. The molecule has 0 spiro atoms. The molecule has 8 heavy (non-hydrogen) atoms. The minimum atomic E-state index is 0.592. The second-order valence-electron chi connectivity index (χ2n) is 3.65. The largest absolute Gasteiger partial charge is 0.307 e. The summed E-state index contributed by atoms with van der Waals surface area (Å²) in [5.41, 5.74) is 0. The van der Waals surface area contributed by atoms with Gasteiger partial charge in [-0.05, 0) is 31.9 Å². The first-order valence-electron chi connectivity index (χ1n) is 3.29. The summed E-state index contributed by atoms with van der Waals surface area (Å²) in [6, 6.07) is 0. The molecule has 1 atom stereocenters. The van der Waals surface area contributed by atoms with Gasteiger partial charge in [0.15, 0.2) is 0 Å². The Morgan fingerprint density at radius 1 is 1.62 bits per heavy atom. The SMILES string of the molecule is BC1(C)CCN(C)C1. The van der Waals surface area contributed by atoms with Gasteiger partial charge in [-0.15, -0.1) is 0 Å². The summed E-state index contributed by atoms with van der Waals surface area (Å²) in [5.74, 6) is 0. The lowest BCUT2D eigenvalue weighted by Crippen LogP contribution is -2.16. The van der Waals surface area contributed by atoms with Crippen LogP contribution in [0.25, 0.3) is 0 Å². The summed E-state index contributed by atoms with van der Waals surface area (Å²) < 4.78 is 0. The van der Waals surface area contributed by atoms with E-state index in [1.807, 2.05) is 0 Å². The molecule has 1 aliphatic rings. The van der Waals surface area contributed by atoms with Crippen LogP contribution in [-0.2, 0) is 0 Å². The zero-order valence-corrected chi connectivity index (χ0v) is 6.07. The summed E-state index contributed by atoms with van der Waals surface area (Å²) in [7, 11) is 4.52. The fourth-order valence-corrected chi connectivity index (χ4v) is 1.38. The maximum atomic E-state index is 2.39. The smallest absolute Gasteiger partial charge is 0.110 e. The molecule has 2 heteroatoms. The van der Waals surface area contributed by atoms with Gasteiger partial charge in [0.05, 0.1) is 0 Å². The highest BCUT2D eigenvalue weighted by molar-refractivity contribution is 6.15. The number of likely N-dealkylation sites (tertiary alicyclic amines) is 1. The van der Waals surface area contributed by atoms with Gasteiger partial charge in [-0.2, -0.15) is 0 Å². The first-order chi connectivity index (χ1) is 3.60. The number of hydrogen-bond donors (Lipinski definition) is 0. The van der Waals surface area contributed by atoms with E-state index in [1.54, 1.807) is 0 Å². The normalized spacial score (nSPS) is 40.8. The molecule has 0 aromatic rings. The maximum Gasteiger partial charge on any atom is 0.110 e. The Hall–Kier alpha value is 0.0249. The van der Waals surface area contributed by atoms with Crippen molar-refractivity contribution >= 4 is 7.85 Å². The van der Waals surface area contributed by atoms with Crippen molar-refractivity contribution in [2.45, 2.75) is 18.7 Å². The Labute approximate surface area is 52.5 Å². The zero-order chi connectivity index (χ0) is 6.20. The van der Waals surface area contributed by atoms with Crippen molar-refractivity contribution in [1.29, 1.82) is 0 Å². The minimum Gasteiger partial charge on any atom is -0.307 e. The third-order valence-corrected chi connectivity index (χ3v) is 1.87. The second kappa shape index (κ2) is 1.76. The summed E-state index contributed by atoms with van der Waals surface area (Å²) in [6.45, 7) is 4.89. The van der Waals surface area contributed by atoms with E-state index in [9.17, 15) is 0 Å². The summed E-state index contributed by atoms with van der Waals surface area (Å²) in [4.78, 5) is 2.39. The summed E-state index contributed by atoms with van der Waals surface area (Å²) in [6.07, 6.45) is 1.36. The number of nitrogens with zero attached hydrogens (tertiary/aromatic N) is 1. The van der Waals surface area contributed by atoms with Crippen LogP contribution in [-0.4, -0.2) is 32.9 Å². The Morgan fingerprint density at radius 2 is 2.25 bits per heavy atom. The van der Waals surface area contributed by atoms with E-state index in [1.165, 1.54) is 19.5 Å². The van der Waals surface area contributed by atoms with Crippen LogP contribution in [0.3, 0.4) is 0 Å². The van der Waals surface area contributed by atoms with Crippen molar-refractivity contribution < 1.29 is 0 Å². The molecule has 0 saturated carbocycles. The van der Waals surface area contributed by atoms with Crippen LogP contribution in [0.1, 0.15) is 13.3 Å². The Balaban J connectivity index is 2.44. The van der Waals surface area contributed by atoms with E-state index < -0.39 is 0 Å². The highest BCUT2D eigenvalue weighted by Gasteiger charge is 2.26. The topological polar surface area (TPSA) is 3.24 Å². The van der Waals surface area contributed by atoms with Crippen LogP contribution in [0.2, 0.25) is 5.31 Å². The van der Waals surface area contributed by atoms with Crippen molar-refractivity contribution in [2.75, 3.05) is 20.1 Å². The molecule has 46 valence electrons. The van der Waals surface area contributed by atoms with Gasteiger partial charge in [0.2, 0.25) is 0 Å². The molecule has 1 heterocycles. The van der Waals surface area contributed by atoms with Gasteiger partial charge in [0, 0.05) is 0 Å². The average Bonchev–Trinajstić information content (AvgIpc) is 1.82. The van der Waals surface area contributed by atoms with Gasteiger partial charge in [0.1, 0.15) is 7.85 Å². The van der Waals surface area contributed by atoms with Crippen LogP contribution in [0.15, 0.2) is 0 Å². The lowest BCUT2D eigenvalue weighted by Gasteiger charge is -2.15. The van der Waals surface area contributed by atoms with Crippen LogP contribution in [0, 0.1) is 0 Å². The Kier molecular flexibility index (Phi) is 1.36. The highest BCUT2D eigenvalue weighted by atomic mass is 15.1. The molecular formula is C6H14BN. The van der Waals surface area contributed by atoms with Crippen molar-refractivity contribution in [2.24, 2.45) is 0 Å². The zero-order valence-electron chi connectivity index (χ0n) is 6.07. The molecule has 0 aromatic heterocycles. The van der Waals surface area contributed by atoms with E-state index in [2.05, 4.69) is 26.7 Å². The molecule has 1 saturated heterocycles. The molecular weight excluding hydrogens is 96.9 g/mol. The lowest BCUT2D eigenvalue weighted by atomic mass is 9.70. The molecule has 1 aliphatic heterocycles. The van der Waals surface area contributed by atoms with Gasteiger partial charge >= 0.3 is 0 Å². The predicted molar refractivity (Wildman–Crippen MR) is 39.0 cm³/mol. The van der Waals surface area contributed by atoms with Crippen LogP contribution < -0.4 is 0 Å². The van der Waals surface area contributed by atoms with Crippen LogP contribution in [0.5, 0.6) is 0 Å². The summed E-state index contributed by atoms with van der Waals surface area (Å²) in [5, 5.41) is 0.592. The van der Waals surface area contributed by atoms with Gasteiger partial charge in [0.25, 0.3) is 0 Å². The molecule has 0 amide bonds. The third kappa shape index (κ3) is 1.25. The fraction of sp³-hybridized carbons (Fsp3) is 1.00. The van der Waals surface area contributed by atoms with Gasteiger partial charge < -0.3 is 4.90 Å². The molecule has 1 nitrogen and oxygen atoms in total. The van der Waals surface area contributed by atoms with Crippen LogP contribution >= 0.6 is 0 Å². The second-order valence-corrected chi connectivity index (χ2v) is 3.65. The fourth-order valence-electron chi connectivity index (χ4n) is 1.38. The molecule has 0 N–H and O–H groups in total.